The average Bonchev–Trinajstić information content (AvgIpc) is 3.46. The number of hydrogen-bond donors (Lipinski definition) is 2. The van der Waals surface area contributed by atoms with Crippen molar-refractivity contribution in [3.8, 4) is 0 Å². The SMILES string of the molecule is O=C(NCC1(c2cccc(Cl)c2)CCOCC1)c1ccc(NC(=O)C2CC2)s1. The molecule has 1 aliphatic heterocycles. The van der Waals surface area contributed by atoms with E-state index >= 15 is 0 Å². The molecule has 1 aromatic carbocycles. The van der Waals surface area contributed by atoms with Crippen LogP contribution in [-0.2, 0) is 14.9 Å². The lowest BCUT2D eigenvalue weighted by Crippen LogP contribution is -2.44. The van der Waals surface area contributed by atoms with Gasteiger partial charge in [-0.25, -0.2) is 0 Å². The van der Waals surface area contributed by atoms with E-state index in [1.165, 1.54) is 11.3 Å². The van der Waals surface area contributed by atoms with Crippen molar-refractivity contribution in [2.45, 2.75) is 31.1 Å². The Kier molecular flexibility index (Phi) is 5.71. The highest BCUT2D eigenvalue weighted by Gasteiger charge is 2.35. The highest BCUT2D eigenvalue weighted by Crippen LogP contribution is 2.36. The summed E-state index contributed by atoms with van der Waals surface area (Å²) in [5.41, 5.74) is 0.950. The van der Waals surface area contributed by atoms with Crippen LogP contribution in [0.1, 0.15) is 40.9 Å². The summed E-state index contributed by atoms with van der Waals surface area (Å²) in [6, 6.07) is 11.4. The molecule has 1 saturated heterocycles. The summed E-state index contributed by atoms with van der Waals surface area (Å²) in [6.07, 6.45) is 3.58. The van der Waals surface area contributed by atoms with E-state index in [0.717, 1.165) is 36.2 Å². The number of carbonyl (C=O) groups is 2. The van der Waals surface area contributed by atoms with Gasteiger partial charge in [0.05, 0.1) is 9.88 Å². The van der Waals surface area contributed by atoms with Gasteiger partial charge in [0.25, 0.3) is 5.91 Å². The Labute approximate surface area is 173 Å². The second-order valence-corrected chi connectivity index (χ2v) is 9.03. The van der Waals surface area contributed by atoms with Crippen molar-refractivity contribution >= 4 is 39.8 Å². The predicted molar refractivity (Wildman–Crippen MR) is 111 cm³/mol. The van der Waals surface area contributed by atoms with Gasteiger partial charge < -0.3 is 15.4 Å². The van der Waals surface area contributed by atoms with Crippen LogP contribution in [0.4, 0.5) is 5.00 Å². The van der Waals surface area contributed by atoms with Gasteiger partial charge in [0, 0.05) is 36.1 Å². The lowest BCUT2D eigenvalue weighted by Gasteiger charge is -2.38. The van der Waals surface area contributed by atoms with E-state index in [9.17, 15) is 9.59 Å². The number of anilines is 1. The van der Waals surface area contributed by atoms with Gasteiger partial charge in [0.15, 0.2) is 0 Å². The van der Waals surface area contributed by atoms with Crippen LogP contribution in [0.2, 0.25) is 5.02 Å². The van der Waals surface area contributed by atoms with E-state index in [4.69, 9.17) is 16.3 Å². The Morgan fingerprint density at radius 2 is 1.96 bits per heavy atom. The Bertz CT molecular complexity index is 872. The molecule has 2 amide bonds. The molecule has 2 fully saturated rings. The van der Waals surface area contributed by atoms with E-state index in [1.54, 1.807) is 12.1 Å². The van der Waals surface area contributed by atoms with Crippen molar-refractivity contribution in [1.82, 2.24) is 5.32 Å². The number of thiophene rings is 1. The zero-order valence-electron chi connectivity index (χ0n) is 15.5. The molecule has 1 aliphatic carbocycles. The van der Waals surface area contributed by atoms with Crippen LogP contribution in [0, 0.1) is 5.92 Å². The maximum Gasteiger partial charge on any atom is 0.261 e. The van der Waals surface area contributed by atoms with Crippen molar-refractivity contribution in [2.75, 3.05) is 25.1 Å². The van der Waals surface area contributed by atoms with Gasteiger partial charge in [0.1, 0.15) is 0 Å². The fourth-order valence-corrected chi connectivity index (χ4v) is 4.60. The predicted octanol–water partition coefficient (Wildman–Crippen LogP) is 4.23. The minimum absolute atomic E-state index is 0.0518. The lowest BCUT2D eigenvalue weighted by molar-refractivity contribution is -0.117. The molecule has 0 atom stereocenters. The quantitative estimate of drug-likeness (QED) is 0.737. The highest BCUT2D eigenvalue weighted by molar-refractivity contribution is 7.18. The first-order valence-corrected chi connectivity index (χ1v) is 10.8. The molecule has 5 nitrogen and oxygen atoms in total. The van der Waals surface area contributed by atoms with Crippen LogP contribution in [0.25, 0.3) is 0 Å². The van der Waals surface area contributed by atoms with E-state index in [1.807, 2.05) is 18.2 Å². The molecule has 4 rings (SSSR count). The first kappa shape index (κ1) is 19.4. The van der Waals surface area contributed by atoms with Gasteiger partial charge in [0.2, 0.25) is 5.91 Å². The fraction of sp³-hybridized carbons (Fsp3) is 0.429. The number of halogens is 1. The van der Waals surface area contributed by atoms with Gasteiger partial charge in [-0.3, -0.25) is 9.59 Å². The lowest BCUT2D eigenvalue weighted by atomic mass is 9.74. The zero-order chi connectivity index (χ0) is 19.6. The number of amides is 2. The molecule has 2 aromatic rings. The maximum atomic E-state index is 12.7. The van der Waals surface area contributed by atoms with Crippen LogP contribution < -0.4 is 10.6 Å². The van der Waals surface area contributed by atoms with Crippen LogP contribution in [0.5, 0.6) is 0 Å². The van der Waals surface area contributed by atoms with Crippen molar-refractivity contribution in [1.29, 1.82) is 0 Å². The summed E-state index contributed by atoms with van der Waals surface area (Å²) in [6.45, 7) is 1.86. The van der Waals surface area contributed by atoms with Gasteiger partial charge >= 0.3 is 0 Å². The Hall–Kier alpha value is -1.89. The zero-order valence-corrected chi connectivity index (χ0v) is 17.1. The van der Waals surface area contributed by atoms with Crippen LogP contribution in [0.3, 0.4) is 0 Å². The molecular weight excluding hydrogens is 396 g/mol. The Morgan fingerprint density at radius 3 is 2.68 bits per heavy atom. The summed E-state index contributed by atoms with van der Waals surface area (Å²) >= 11 is 7.51. The first-order valence-electron chi connectivity index (χ1n) is 9.58. The summed E-state index contributed by atoms with van der Waals surface area (Å²) in [7, 11) is 0. The molecular formula is C21H23ClN2O3S. The number of nitrogens with one attached hydrogen (secondary N) is 2. The third kappa shape index (κ3) is 4.40. The molecule has 0 spiro atoms. The topological polar surface area (TPSA) is 67.4 Å². The number of benzene rings is 1. The second-order valence-electron chi connectivity index (χ2n) is 7.51. The molecule has 2 N–H and O–H groups in total. The smallest absolute Gasteiger partial charge is 0.261 e. The second kappa shape index (κ2) is 8.23. The van der Waals surface area contributed by atoms with Crippen molar-refractivity contribution < 1.29 is 14.3 Å². The normalized spacial score (nSPS) is 18.5. The van der Waals surface area contributed by atoms with Gasteiger partial charge in [-0.05, 0) is 55.5 Å². The summed E-state index contributed by atoms with van der Waals surface area (Å²) < 4.78 is 5.55. The highest BCUT2D eigenvalue weighted by atomic mass is 35.5. The molecule has 7 heteroatoms. The monoisotopic (exact) mass is 418 g/mol. The van der Waals surface area contributed by atoms with Gasteiger partial charge in [-0.1, -0.05) is 23.7 Å². The van der Waals surface area contributed by atoms with Crippen molar-refractivity contribution in [3.05, 3.63) is 51.9 Å². The molecule has 2 heterocycles. The Morgan fingerprint density at radius 1 is 1.18 bits per heavy atom. The van der Waals surface area contributed by atoms with Crippen molar-refractivity contribution in [3.63, 3.8) is 0 Å². The molecule has 148 valence electrons. The number of ether oxygens (including phenoxy) is 1. The first-order chi connectivity index (χ1) is 13.6. The summed E-state index contributed by atoms with van der Waals surface area (Å²) in [5.74, 6) is 0.0752. The van der Waals surface area contributed by atoms with E-state index in [0.29, 0.717) is 29.7 Å². The molecule has 1 saturated carbocycles. The molecule has 0 bridgehead atoms. The standard InChI is InChI=1S/C21H23ClN2O3S/c22-16-3-1-2-15(12-16)21(8-10-27-11-9-21)13-23-20(26)17-6-7-18(28-17)24-19(25)14-4-5-14/h1-3,6-7,12,14H,4-5,8-11,13H2,(H,23,26)(H,24,25). The van der Waals surface area contributed by atoms with E-state index in [-0.39, 0.29) is 23.1 Å². The third-order valence-corrected chi connectivity index (χ3v) is 6.73. The summed E-state index contributed by atoms with van der Waals surface area (Å²) in [4.78, 5) is 25.2. The van der Waals surface area contributed by atoms with Crippen LogP contribution in [-0.4, -0.2) is 31.6 Å². The molecule has 0 unspecified atom stereocenters. The summed E-state index contributed by atoms with van der Waals surface area (Å²) in [5, 5.41) is 7.40. The van der Waals surface area contributed by atoms with Crippen LogP contribution in [0.15, 0.2) is 36.4 Å². The number of carbonyl (C=O) groups excluding carboxylic acids is 2. The molecule has 0 radical (unpaired) electrons. The largest absolute Gasteiger partial charge is 0.381 e. The van der Waals surface area contributed by atoms with Gasteiger partial charge in [-0.2, -0.15) is 0 Å². The number of rotatable bonds is 6. The third-order valence-electron chi connectivity index (χ3n) is 5.50. The Balaban J connectivity index is 1.43. The average molecular weight is 419 g/mol. The fourth-order valence-electron chi connectivity index (χ4n) is 3.58. The van der Waals surface area contributed by atoms with Crippen molar-refractivity contribution in [2.24, 2.45) is 5.92 Å². The maximum absolute atomic E-state index is 12.7. The van der Waals surface area contributed by atoms with E-state index in [2.05, 4.69) is 16.7 Å². The minimum atomic E-state index is -0.181. The van der Waals surface area contributed by atoms with Gasteiger partial charge in [-0.15, -0.1) is 11.3 Å². The number of hydrogen-bond acceptors (Lipinski definition) is 4. The van der Waals surface area contributed by atoms with E-state index < -0.39 is 0 Å². The molecule has 1 aromatic heterocycles. The minimum Gasteiger partial charge on any atom is -0.381 e. The van der Waals surface area contributed by atoms with Crippen LogP contribution >= 0.6 is 22.9 Å². The molecule has 2 aliphatic rings. The molecule has 28 heavy (non-hydrogen) atoms.